The monoisotopic (exact) mass is 280 g/mol. The second kappa shape index (κ2) is 5.26. The van der Waals surface area contributed by atoms with Crippen molar-refractivity contribution in [1.29, 1.82) is 0 Å². The Hall–Kier alpha value is -1.10. The van der Waals surface area contributed by atoms with Crippen LogP contribution in [0.25, 0.3) is 0 Å². The van der Waals surface area contributed by atoms with E-state index in [0.29, 0.717) is 5.15 Å². The molecule has 1 atom stereocenters. The summed E-state index contributed by atoms with van der Waals surface area (Å²) in [6.07, 6.45) is 1.90. The Labute approximate surface area is 115 Å². The van der Waals surface area contributed by atoms with Gasteiger partial charge in [0.2, 0.25) is 0 Å². The number of anilines is 1. The van der Waals surface area contributed by atoms with Gasteiger partial charge in [0, 0.05) is 29.9 Å². The first-order chi connectivity index (χ1) is 8.83. The van der Waals surface area contributed by atoms with E-state index in [1.807, 2.05) is 12.1 Å². The van der Waals surface area contributed by atoms with Crippen molar-refractivity contribution in [2.24, 2.45) is 0 Å². The van der Waals surface area contributed by atoms with Gasteiger partial charge >= 0.3 is 0 Å². The fourth-order valence-electron chi connectivity index (χ4n) is 2.12. The fourth-order valence-corrected chi connectivity index (χ4v) is 3.05. The first kappa shape index (κ1) is 12.0. The zero-order valence-electron chi connectivity index (χ0n) is 9.75. The van der Waals surface area contributed by atoms with Crippen LogP contribution >= 0.6 is 22.9 Å². The van der Waals surface area contributed by atoms with E-state index in [-0.39, 0.29) is 6.10 Å². The van der Waals surface area contributed by atoms with E-state index in [4.69, 9.17) is 16.3 Å². The van der Waals surface area contributed by atoms with Gasteiger partial charge in [-0.05, 0) is 23.6 Å². The molecule has 18 heavy (non-hydrogen) atoms. The van der Waals surface area contributed by atoms with E-state index in [1.165, 1.54) is 4.88 Å². The number of halogens is 1. The third-order valence-electron chi connectivity index (χ3n) is 3.00. The summed E-state index contributed by atoms with van der Waals surface area (Å²) in [5, 5.41) is 2.62. The van der Waals surface area contributed by atoms with Crippen molar-refractivity contribution >= 4 is 28.6 Å². The molecule has 2 aromatic heterocycles. The molecule has 2 aromatic rings. The smallest absolute Gasteiger partial charge is 0.131 e. The van der Waals surface area contributed by atoms with Crippen molar-refractivity contribution in [3.05, 3.63) is 45.9 Å². The molecule has 0 spiro atoms. The van der Waals surface area contributed by atoms with Crippen LogP contribution in [0.1, 0.15) is 11.0 Å². The van der Waals surface area contributed by atoms with Crippen LogP contribution in [0, 0.1) is 0 Å². The number of thiophene rings is 1. The van der Waals surface area contributed by atoms with Crippen molar-refractivity contribution < 1.29 is 4.74 Å². The Morgan fingerprint density at radius 2 is 2.39 bits per heavy atom. The standard InChI is InChI=1S/C13H13ClN2OS/c14-13-8-10(3-4-15-13)16-5-6-17-11(9-16)12-2-1-7-18-12/h1-4,7-8,11H,5-6,9H2. The van der Waals surface area contributed by atoms with Gasteiger partial charge in [-0.15, -0.1) is 11.3 Å². The largest absolute Gasteiger partial charge is 0.369 e. The maximum atomic E-state index is 5.93. The first-order valence-corrected chi connectivity index (χ1v) is 7.10. The second-order valence-corrected chi connectivity index (χ2v) is 5.52. The van der Waals surface area contributed by atoms with Crippen LogP contribution in [0.4, 0.5) is 5.69 Å². The Kier molecular flexibility index (Phi) is 3.50. The number of pyridine rings is 1. The third kappa shape index (κ3) is 2.51. The maximum Gasteiger partial charge on any atom is 0.131 e. The van der Waals surface area contributed by atoms with Gasteiger partial charge in [0.1, 0.15) is 11.3 Å². The predicted octanol–water partition coefficient (Wildman–Crippen LogP) is 3.37. The van der Waals surface area contributed by atoms with Gasteiger partial charge in [-0.25, -0.2) is 4.98 Å². The van der Waals surface area contributed by atoms with Gasteiger partial charge < -0.3 is 9.64 Å². The highest BCUT2D eigenvalue weighted by Crippen LogP contribution is 2.29. The van der Waals surface area contributed by atoms with Crippen LogP contribution in [-0.4, -0.2) is 24.7 Å². The number of hydrogen-bond donors (Lipinski definition) is 0. The quantitative estimate of drug-likeness (QED) is 0.789. The molecule has 3 nitrogen and oxygen atoms in total. The molecule has 1 saturated heterocycles. The summed E-state index contributed by atoms with van der Waals surface area (Å²) in [6, 6.07) is 8.07. The van der Waals surface area contributed by atoms with Crippen molar-refractivity contribution in [3.63, 3.8) is 0 Å². The zero-order chi connectivity index (χ0) is 12.4. The molecule has 3 heterocycles. The Morgan fingerprint density at radius 3 is 3.17 bits per heavy atom. The molecule has 94 valence electrons. The molecule has 0 bridgehead atoms. The van der Waals surface area contributed by atoms with Gasteiger partial charge in [-0.2, -0.15) is 0 Å². The average Bonchev–Trinajstić information content (AvgIpc) is 2.93. The van der Waals surface area contributed by atoms with Gasteiger partial charge in [-0.3, -0.25) is 0 Å². The molecule has 0 amide bonds. The Bertz CT molecular complexity index is 517. The van der Waals surface area contributed by atoms with E-state index in [2.05, 4.69) is 27.4 Å². The van der Waals surface area contributed by atoms with Gasteiger partial charge in [0.05, 0.1) is 6.61 Å². The highest BCUT2D eigenvalue weighted by molar-refractivity contribution is 7.10. The predicted molar refractivity (Wildman–Crippen MR) is 74.5 cm³/mol. The molecule has 0 N–H and O–H groups in total. The van der Waals surface area contributed by atoms with Crippen LogP contribution in [0.15, 0.2) is 35.8 Å². The zero-order valence-corrected chi connectivity index (χ0v) is 11.3. The summed E-state index contributed by atoms with van der Waals surface area (Å²) >= 11 is 7.67. The van der Waals surface area contributed by atoms with Crippen molar-refractivity contribution in [3.8, 4) is 0 Å². The van der Waals surface area contributed by atoms with Gasteiger partial charge in [0.15, 0.2) is 0 Å². The van der Waals surface area contributed by atoms with Crippen molar-refractivity contribution in [2.75, 3.05) is 24.6 Å². The third-order valence-corrected chi connectivity index (χ3v) is 4.17. The van der Waals surface area contributed by atoms with Crippen LogP contribution in [-0.2, 0) is 4.74 Å². The van der Waals surface area contributed by atoms with Crippen LogP contribution in [0.3, 0.4) is 0 Å². The van der Waals surface area contributed by atoms with E-state index < -0.39 is 0 Å². The summed E-state index contributed by atoms with van der Waals surface area (Å²) in [6.45, 7) is 2.49. The van der Waals surface area contributed by atoms with Crippen molar-refractivity contribution in [2.45, 2.75) is 6.10 Å². The number of ether oxygens (including phenoxy) is 1. The molecule has 0 aromatic carbocycles. The number of nitrogens with zero attached hydrogens (tertiary/aromatic N) is 2. The Morgan fingerprint density at radius 1 is 1.44 bits per heavy atom. The number of morpholine rings is 1. The minimum Gasteiger partial charge on any atom is -0.369 e. The number of aromatic nitrogens is 1. The summed E-state index contributed by atoms with van der Waals surface area (Å²) < 4.78 is 5.82. The van der Waals surface area contributed by atoms with Crippen LogP contribution in [0.5, 0.6) is 0 Å². The summed E-state index contributed by atoms with van der Waals surface area (Å²) in [5.74, 6) is 0. The molecule has 5 heteroatoms. The SMILES string of the molecule is Clc1cc(N2CCOC(c3cccs3)C2)ccn1. The van der Waals surface area contributed by atoms with Gasteiger partial charge in [-0.1, -0.05) is 17.7 Å². The molecular weight excluding hydrogens is 268 g/mol. The minimum atomic E-state index is 0.158. The molecule has 1 fully saturated rings. The summed E-state index contributed by atoms with van der Waals surface area (Å²) in [5.41, 5.74) is 1.11. The fraction of sp³-hybridized carbons (Fsp3) is 0.308. The topological polar surface area (TPSA) is 25.4 Å². The Balaban J connectivity index is 1.78. The van der Waals surface area contributed by atoms with E-state index in [0.717, 1.165) is 25.4 Å². The van der Waals surface area contributed by atoms with E-state index in [1.54, 1.807) is 17.5 Å². The molecule has 3 rings (SSSR count). The average molecular weight is 281 g/mol. The second-order valence-electron chi connectivity index (χ2n) is 4.16. The number of rotatable bonds is 2. The summed E-state index contributed by atoms with van der Waals surface area (Å²) in [4.78, 5) is 7.58. The molecule has 1 aliphatic heterocycles. The number of hydrogen-bond acceptors (Lipinski definition) is 4. The molecule has 0 radical (unpaired) electrons. The normalized spacial score (nSPS) is 20.1. The lowest BCUT2D eigenvalue weighted by Crippen LogP contribution is -2.38. The molecule has 1 aliphatic rings. The molecule has 1 unspecified atom stereocenters. The van der Waals surface area contributed by atoms with Crippen LogP contribution < -0.4 is 4.90 Å². The lowest BCUT2D eigenvalue weighted by Gasteiger charge is -2.34. The highest BCUT2D eigenvalue weighted by Gasteiger charge is 2.22. The summed E-state index contributed by atoms with van der Waals surface area (Å²) in [7, 11) is 0. The first-order valence-electron chi connectivity index (χ1n) is 5.84. The molecular formula is C13H13ClN2OS. The molecule has 0 aliphatic carbocycles. The minimum absolute atomic E-state index is 0.158. The van der Waals surface area contributed by atoms with Crippen LogP contribution in [0.2, 0.25) is 5.15 Å². The van der Waals surface area contributed by atoms with Crippen molar-refractivity contribution in [1.82, 2.24) is 4.98 Å². The van der Waals surface area contributed by atoms with Gasteiger partial charge in [0.25, 0.3) is 0 Å². The maximum absolute atomic E-state index is 5.93. The highest BCUT2D eigenvalue weighted by atomic mass is 35.5. The van der Waals surface area contributed by atoms with E-state index >= 15 is 0 Å². The molecule has 0 saturated carbocycles. The lowest BCUT2D eigenvalue weighted by atomic mass is 10.2. The van der Waals surface area contributed by atoms with E-state index in [9.17, 15) is 0 Å². The lowest BCUT2D eigenvalue weighted by molar-refractivity contribution is 0.0421.